The van der Waals surface area contributed by atoms with E-state index in [1.807, 2.05) is 13.0 Å². The van der Waals surface area contributed by atoms with Crippen molar-refractivity contribution in [3.63, 3.8) is 0 Å². The molecule has 1 aromatic rings. The van der Waals surface area contributed by atoms with Gasteiger partial charge in [-0.05, 0) is 30.2 Å². The van der Waals surface area contributed by atoms with Crippen molar-refractivity contribution in [2.24, 2.45) is 0 Å². The zero-order chi connectivity index (χ0) is 14.9. The van der Waals surface area contributed by atoms with Gasteiger partial charge in [0.25, 0.3) is 5.91 Å². The fourth-order valence-electron chi connectivity index (χ4n) is 1.66. The lowest BCUT2D eigenvalue weighted by atomic mass is 10.1. The highest BCUT2D eigenvalue weighted by molar-refractivity contribution is 8.26. The predicted molar refractivity (Wildman–Crippen MR) is 83.7 cm³/mol. The molecule has 0 saturated carbocycles. The van der Waals surface area contributed by atoms with Gasteiger partial charge in [0.15, 0.2) is 0 Å². The summed E-state index contributed by atoms with van der Waals surface area (Å²) in [5, 5.41) is 9.29. The third kappa shape index (κ3) is 3.20. The number of thiocarbonyl (C=S) groups is 1. The molecule has 0 spiro atoms. The van der Waals surface area contributed by atoms with Gasteiger partial charge in [-0.1, -0.05) is 47.7 Å². The first-order valence-electron chi connectivity index (χ1n) is 5.62. The van der Waals surface area contributed by atoms with Crippen molar-refractivity contribution < 1.29 is 14.7 Å². The molecule has 20 heavy (non-hydrogen) atoms. The number of thioether (sulfide) groups is 1. The molecule has 1 aliphatic rings. The number of aryl methyl sites for hydroxylation is 1. The quantitative estimate of drug-likeness (QED) is 0.683. The number of nitrogens with zero attached hydrogens (tertiary/aromatic N) is 1. The maximum Gasteiger partial charge on any atom is 0.323 e. The third-order valence-electron chi connectivity index (χ3n) is 2.61. The van der Waals surface area contributed by atoms with E-state index in [2.05, 4.69) is 0 Å². The molecule has 1 amide bonds. The van der Waals surface area contributed by atoms with Crippen LogP contribution in [-0.2, 0) is 9.59 Å². The van der Waals surface area contributed by atoms with Crippen LogP contribution in [0.1, 0.15) is 11.1 Å². The lowest BCUT2D eigenvalue weighted by Gasteiger charge is -2.10. The number of carboxylic acids is 1. The Morgan fingerprint density at radius 1 is 1.55 bits per heavy atom. The zero-order valence-corrected chi connectivity index (χ0v) is 12.8. The fraction of sp³-hybridized carbons (Fsp3) is 0.154. The molecule has 0 atom stereocenters. The van der Waals surface area contributed by atoms with Crippen molar-refractivity contribution in [3.8, 4) is 0 Å². The van der Waals surface area contributed by atoms with Crippen LogP contribution in [0.4, 0.5) is 0 Å². The van der Waals surface area contributed by atoms with Crippen LogP contribution in [0.2, 0.25) is 5.02 Å². The standard InChI is InChI=1S/C13H10ClNO3S2/c1-7-2-3-8(9(14)4-7)5-10-12(18)15(6-11(16)17)13(19)20-10/h2-5H,6H2,1H3,(H,16,17)/b10-5-. The second-order valence-electron chi connectivity index (χ2n) is 4.19. The number of amides is 1. The number of carbonyl (C=O) groups is 2. The molecule has 0 radical (unpaired) electrons. The molecule has 1 fully saturated rings. The Bertz CT molecular complexity index is 643. The third-order valence-corrected chi connectivity index (χ3v) is 4.31. The summed E-state index contributed by atoms with van der Waals surface area (Å²) in [5.74, 6) is -1.50. The molecular weight excluding hydrogens is 318 g/mol. The fourth-order valence-corrected chi connectivity index (χ4v) is 3.20. The molecule has 104 valence electrons. The zero-order valence-electron chi connectivity index (χ0n) is 10.4. The number of rotatable bonds is 3. The molecule has 4 nitrogen and oxygen atoms in total. The number of carbonyl (C=O) groups excluding carboxylic acids is 1. The van der Waals surface area contributed by atoms with E-state index in [-0.39, 0.29) is 4.32 Å². The molecule has 0 aromatic heterocycles. The van der Waals surface area contributed by atoms with Crippen LogP contribution >= 0.6 is 35.6 Å². The number of halogens is 1. The van der Waals surface area contributed by atoms with Crippen LogP contribution < -0.4 is 0 Å². The molecule has 1 saturated heterocycles. The van der Waals surface area contributed by atoms with Gasteiger partial charge in [-0.25, -0.2) is 0 Å². The molecule has 0 unspecified atom stereocenters. The molecule has 0 bridgehead atoms. The van der Waals surface area contributed by atoms with Gasteiger partial charge >= 0.3 is 5.97 Å². The van der Waals surface area contributed by atoms with Crippen LogP contribution in [-0.4, -0.2) is 32.7 Å². The summed E-state index contributed by atoms with van der Waals surface area (Å²) in [6.45, 7) is 1.49. The van der Waals surface area contributed by atoms with Crippen molar-refractivity contribution in [2.75, 3.05) is 6.54 Å². The number of benzene rings is 1. The Kier molecular flexibility index (Phi) is 4.47. The molecule has 7 heteroatoms. The summed E-state index contributed by atoms with van der Waals surface area (Å²) in [4.78, 5) is 24.2. The molecular formula is C13H10ClNO3S2. The first kappa shape index (κ1) is 15.0. The van der Waals surface area contributed by atoms with E-state index in [0.29, 0.717) is 15.5 Å². The monoisotopic (exact) mass is 327 g/mol. The maximum absolute atomic E-state index is 12.1. The Labute approximate surface area is 130 Å². The second kappa shape index (κ2) is 5.95. The summed E-state index contributed by atoms with van der Waals surface area (Å²) < 4.78 is 0.242. The average molecular weight is 328 g/mol. The second-order valence-corrected chi connectivity index (χ2v) is 6.27. The smallest absolute Gasteiger partial charge is 0.323 e. The van der Waals surface area contributed by atoms with Crippen molar-refractivity contribution in [2.45, 2.75) is 6.92 Å². The molecule has 1 N–H and O–H groups in total. The molecule has 2 rings (SSSR count). The predicted octanol–water partition coefficient (Wildman–Crippen LogP) is 2.93. The van der Waals surface area contributed by atoms with Crippen LogP contribution in [0.15, 0.2) is 23.1 Å². The van der Waals surface area contributed by atoms with Gasteiger partial charge < -0.3 is 5.11 Å². The van der Waals surface area contributed by atoms with E-state index in [0.717, 1.165) is 22.2 Å². The van der Waals surface area contributed by atoms with Gasteiger partial charge in [-0.15, -0.1) is 0 Å². The maximum atomic E-state index is 12.1. The normalized spacial score (nSPS) is 17.1. The summed E-state index contributed by atoms with van der Waals surface area (Å²) in [6, 6.07) is 5.49. The highest BCUT2D eigenvalue weighted by atomic mass is 35.5. The Hall–Kier alpha value is -1.37. The van der Waals surface area contributed by atoms with Crippen LogP contribution in [0, 0.1) is 6.92 Å². The van der Waals surface area contributed by atoms with Gasteiger partial charge in [0.2, 0.25) is 0 Å². The summed E-state index contributed by atoms with van der Waals surface area (Å²) >= 11 is 12.2. The van der Waals surface area contributed by atoms with Crippen molar-refractivity contribution in [1.82, 2.24) is 4.90 Å². The Balaban J connectivity index is 2.30. The molecule has 1 heterocycles. The minimum absolute atomic E-state index is 0.242. The Morgan fingerprint density at radius 2 is 2.25 bits per heavy atom. The van der Waals surface area contributed by atoms with Gasteiger partial charge in [-0.2, -0.15) is 0 Å². The minimum Gasteiger partial charge on any atom is -0.480 e. The SMILES string of the molecule is Cc1ccc(/C=C2\SC(=S)N(CC(=O)O)C2=O)c(Cl)c1. The summed E-state index contributed by atoms with van der Waals surface area (Å²) in [7, 11) is 0. The number of aliphatic carboxylic acids is 1. The molecule has 0 aliphatic carbocycles. The van der Waals surface area contributed by atoms with Crippen molar-refractivity contribution in [3.05, 3.63) is 39.3 Å². The van der Waals surface area contributed by atoms with E-state index in [1.165, 1.54) is 0 Å². The van der Waals surface area contributed by atoms with Crippen molar-refractivity contribution >= 4 is 57.9 Å². The van der Waals surface area contributed by atoms with Crippen LogP contribution in [0.5, 0.6) is 0 Å². The highest BCUT2D eigenvalue weighted by Crippen LogP contribution is 2.33. The van der Waals surface area contributed by atoms with E-state index in [1.54, 1.807) is 18.2 Å². The first-order valence-corrected chi connectivity index (χ1v) is 7.22. The highest BCUT2D eigenvalue weighted by Gasteiger charge is 2.33. The van der Waals surface area contributed by atoms with Gasteiger partial charge in [0, 0.05) is 5.02 Å². The van der Waals surface area contributed by atoms with Crippen LogP contribution in [0.25, 0.3) is 6.08 Å². The summed E-state index contributed by atoms with van der Waals surface area (Å²) in [6.07, 6.45) is 1.63. The number of carboxylic acid groups (broad SMARTS) is 1. The lowest BCUT2D eigenvalue weighted by molar-refractivity contribution is -0.140. The van der Waals surface area contributed by atoms with Gasteiger partial charge in [0.1, 0.15) is 10.9 Å². The topological polar surface area (TPSA) is 57.6 Å². The van der Waals surface area contributed by atoms with Gasteiger partial charge in [0.05, 0.1) is 4.91 Å². The molecule has 1 aliphatic heterocycles. The number of hydrogen-bond donors (Lipinski definition) is 1. The van der Waals surface area contributed by atoms with Crippen LogP contribution in [0.3, 0.4) is 0 Å². The van der Waals surface area contributed by atoms with E-state index < -0.39 is 18.4 Å². The van der Waals surface area contributed by atoms with Gasteiger partial charge in [-0.3, -0.25) is 14.5 Å². The lowest BCUT2D eigenvalue weighted by Crippen LogP contribution is -2.33. The Morgan fingerprint density at radius 3 is 2.85 bits per heavy atom. The largest absolute Gasteiger partial charge is 0.480 e. The number of hydrogen-bond acceptors (Lipinski definition) is 4. The van der Waals surface area contributed by atoms with E-state index >= 15 is 0 Å². The first-order chi connectivity index (χ1) is 9.38. The molecule has 1 aromatic carbocycles. The minimum atomic E-state index is -1.10. The van der Waals surface area contributed by atoms with E-state index in [4.69, 9.17) is 28.9 Å². The van der Waals surface area contributed by atoms with E-state index in [9.17, 15) is 9.59 Å². The van der Waals surface area contributed by atoms with Crippen molar-refractivity contribution in [1.29, 1.82) is 0 Å². The average Bonchev–Trinajstić information content (AvgIpc) is 2.60. The summed E-state index contributed by atoms with van der Waals surface area (Å²) in [5.41, 5.74) is 1.72.